The van der Waals surface area contributed by atoms with Crippen LogP contribution in [0.2, 0.25) is 0 Å². The highest BCUT2D eigenvalue weighted by Crippen LogP contribution is 2.17. The van der Waals surface area contributed by atoms with Gasteiger partial charge in [0, 0.05) is 12.2 Å². The normalized spacial score (nSPS) is 10.4. The fourth-order valence-electron chi connectivity index (χ4n) is 1.19. The molecule has 1 rings (SSSR count). The van der Waals surface area contributed by atoms with Crippen LogP contribution in [0.4, 0.5) is 5.69 Å². The third-order valence-corrected chi connectivity index (χ3v) is 2.22. The van der Waals surface area contributed by atoms with Crippen molar-refractivity contribution in [2.75, 3.05) is 18.1 Å². The van der Waals surface area contributed by atoms with Crippen LogP contribution in [0.25, 0.3) is 0 Å². The summed E-state index contributed by atoms with van der Waals surface area (Å²) >= 11 is 11.0. The van der Waals surface area contributed by atoms with E-state index >= 15 is 0 Å². The Morgan fingerprint density at radius 2 is 1.93 bits per heavy atom. The predicted octanol–water partition coefficient (Wildman–Crippen LogP) is 1.82. The molecule has 0 bridgehead atoms. The molecule has 0 aliphatic carbocycles. The van der Waals surface area contributed by atoms with Gasteiger partial charge in [-0.05, 0) is 12.1 Å². The summed E-state index contributed by atoms with van der Waals surface area (Å²) in [6.45, 7) is 0.0416. The van der Waals surface area contributed by atoms with E-state index in [2.05, 4.69) is 0 Å². The van der Waals surface area contributed by atoms with Crippen molar-refractivity contribution in [2.24, 2.45) is 0 Å². The zero-order valence-electron chi connectivity index (χ0n) is 7.94. The highest BCUT2D eigenvalue weighted by molar-refractivity contribution is 6.54. The Balaban J connectivity index is 2.88. The molecule has 82 valence electrons. The van der Waals surface area contributed by atoms with E-state index in [0.717, 1.165) is 0 Å². The Labute approximate surface area is 98.2 Å². The Morgan fingerprint density at radius 1 is 1.33 bits per heavy atom. The van der Waals surface area contributed by atoms with E-state index in [-0.39, 0.29) is 13.2 Å². The lowest BCUT2D eigenvalue weighted by atomic mass is 10.3. The number of aliphatic hydroxyl groups is 1. The van der Waals surface area contributed by atoms with Crippen LogP contribution in [0.1, 0.15) is 0 Å². The van der Waals surface area contributed by atoms with E-state index in [1.54, 1.807) is 24.3 Å². The number of halogens is 2. The number of carbonyl (C=O) groups excluding carboxylic acids is 1. The minimum Gasteiger partial charge on any atom is -0.395 e. The van der Waals surface area contributed by atoms with Crippen LogP contribution in [0.5, 0.6) is 0 Å². The molecule has 1 amide bonds. The highest BCUT2D eigenvalue weighted by atomic mass is 35.5. The second kappa shape index (κ2) is 5.95. The zero-order valence-corrected chi connectivity index (χ0v) is 9.45. The van der Waals surface area contributed by atoms with Gasteiger partial charge in [0.15, 0.2) is 4.84 Å². The molecule has 0 saturated carbocycles. The summed E-state index contributed by atoms with van der Waals surface area (Å²) in [4.78, 5) is 11.8. The molecule has 5 heteroatoms. The monoisotopic (exact) mass is 247 g/mol. The maximum Gasteiger partial charge on any atom is 0.260 e. The number of amides is 1. The van der Waals surface area contributed by atoms with E-state index in [1.165, 1.54) is 4.90 Å². The number of hydrogen-bond acceptors (Lipinski definition) is 2. The average Bonchev–Trinajstić information content (AvgIpc) is 2.26. The minimum atomic E-state index is -1.11. The number of anilines is 1. The van der Waals surface area contributed by atoms with Gasteiger partial charge in [-0.2, -0.15) is 0 Å². The lowest BCUT2D eigenvalue weighted by molar-refractivity contribution is -0.117. The molecule has 0 atom stereocenters. The summed E-state index contributed by atoms with van der Waals surface area (Å²) in [7, 11) is 0. The third kappa shape index (κ3) is 3.38. The van der Waals surface area contributed by atoms with Gasteiger partial charge in [0.2, 0.25) is 0 Å². The number of alkyl halides is 2. The Kier molecular flexibility index (Phi) is 4.88. The molecule has 0 radical (unpaired) electrons. The van der Waals surface area contributed by atoms with Crippen molar-refractivity contribution in [1.29, 1.82) is 0 Å². The van der Waals surface area contributed by atoms with E-state index in [4.69, 9.17) is 28.3 Å². The second-order valence-electron chi connectivity index (χ2n) is 2.85. The molecule has 0 aliphatic heterocycles. The van der Waals surface area contributed by atoms with Crippen molar-refractivity contribution < 1.29 is 9.90 Å². The lowest BCUT2D eigenvalue weighted by Crippen LogP contribution is -2.37. The first-order valence-electron chi connectivity index (χ1n) is 4.42. The summed E-state index contributed by atoms with van der Waals surface area (Å²) in [6.07, 6.45) is 0. The Bertz CT molecular complexity index is 316. The fourth-order valence-corrected chi connectivity index (χ4v) is 1.43. The second-order valence-corrected chi connectivity index (χ2v) is 3.95. The van der Waals surface area contributed by atoms with Crippen molar-refractivity contribution in [1.82, 2.24) is 0 Å². The first-order valence-corrected chi connectivity index (χ1v) is 5.29. The van der Waals surface area contributed by atoms with Crippen molar-refractivity contribution >= 4 is 34.8 Å². The van der Waals surface area contributed by atoms with Gasteiger partial charge >= 0.3 is 0 Å². The van der Waals surface area contributed by atoms with Crippen molar-refractivity contribution in [2.45, 2.75) is 4.84 Å². The zero-order chi connectivity index (χ0) is 11.3. The molecule has 1 aromatic rings. The minimum absolute atomic E-state index is 0.138. The summed E-state index contributed by atoms with van der Waals surface area (Å²) < 4.78 is 0. The van der Waals surface area contributed by atoms with Crippen LogP contribution < -0.4 is 4.90 Å². The van der Waals surface area contributed by atoms with Gasteiger partial charge < -0.3 is 10.0 Å². The van der Waals surface area contributed by atoms with Crippen LogP contribution in [-0.4, -0.2) is 29.0 Å². The number of benzene rings is 1. The SMILES string of the molecule is O=C(C(Cl)Cl)N(CCO)c1ccccc1. The van der Waals surface area contributed by atoms with Gasteiger partial charge in [0.05, 0.1) is 6.61 Å². The molecule has 0 fully saturated rings. The molecule has 0 unspecified atom stereocenters. The molecule has 0 heterocycles. The fraction of sp³-hybridized carbons (Fsp3) is 0.300. The van der Waals surface area contributed by atoms with Crippen molar-refractivity contribution in [3.63, 3.8) is 0 Å². The molecule has 3 nitrogen and oxygen atoms in total. The van der Waals surface area contributed by atoms with Gasteiger partial charge in [-0.25, -0.2) is 0 Å². The van der Waals surface area contributed by atoms with E-state index in [1.807, 2.05) is 6.07 Å². The quantitative estimate of drug-likeness (QED) is 0.825. The predicted molar refractivity (Wildman–Crippen MR) is 61.4 cm³/mol. The number of rotatable bonds is 4. The largest absolute Gasteiger partial charge is 0.395 e. The molecular formula is C10H11Cl2NO2. The number of carbonyl (C=O) groups is 1. The van der Waals surface area contributed by atoms with Crippen molar-refractivity contribution in [3.8, 4) is 0 Å². The molecule has 1 aromatic carbocycles. The van der Waals surface area contributed by atoms with Crippen LogP contribution >= 0.6 is 23.2 Å². The lowest BCUT2D eigenvalue weighted by Gasteiger charge is -2.22. The van der Waals surface area contributed by atoms with Crippen LogP contribution in [-0.2, 0) is 4.79 Å². The summed E-state index contributed by atoms with van der Waals surface area (Å²) in [5.41, 5.74) is 0.669. The van der Waals surface area contributed by atoms with E-state index < -0.39 is 10.7 Å². The molecule has 0 saturated heterocycles. The van der Waals surface area contributed by atoms with Gasteiger partial charge in [-0.3, -0.25) is 4.79 Å². The first kappa shape index (κ1) is 12.3. The van der Waals surface area contributed by atoms with Gasteiger partial charge in [-0.15, -0.1) is 0 Å². The standard InChI is InChI=1S/C10H11Cl2NO2/c11-9(12)10(15)13(6-7-14)8-4-2-1-3-5-8/h1-5,9,14H,6-7H2. The molecular weight excluding hydrogens is 237 g/mol. The topological polar surface area (TPSA) is 40.5 Å². The molecule has 0 aliphatic rings. The summed E-state index contributed by atoms with van der Waals surface area (Å²) in [6, 6.07) is 8.94. The van der Waals surface area contributed by atoms with Crippen LogP contribution in [0, 0.1) is 0 Å². The molecule has 1 N–H and O–H groups in total. The highest BCUT2D eigenvalue weighted by Gasteiger charge is 2.20. The summed E-state index contributed by atoms with van der Waals surface area (Å²) in [5, 5.41) is 8.85. The van der Waals surface area contributed by atoms with Crippen molar-refractivity contribution in [3.05, 3.63) is 30.3 Å². The summed E-state index contributed by atoms with van der Waals surface area (Å²) in [5.74, 6) is -0.432. The third-order valence-electron chi connectivity index (χ3n) is 1.84. The number of aliphatic hydroxyl groups excluding tert-OH is 1. The van der Waals surface area contributed by atoms with Crippen LogP contribution in [0.3, 0.4) is 0 Å². The maximum atomic E-state index is 11.6. The first-order chi connectivity index (χ1) is 7.16. The number of para-hydroxylation sites is 1. The van der Waals surface area contributed by atoms with Gasteiger partial charge in [0.25, 0.3) is 5.91 Å². The van der Waals surface area contributed by atoms with E-state index in [9.17, 15) is 4.79 Å². The maximum absolute atomic E-state index is 11.6. The van der Waals surface area contributed by atoms with Gasteiger partial charge in [0.1, 0.15) is 0 Å². The number of hydrogen-bond donors (Lipinski definition) is 1. The van der Waals surface area contributed by atoms with Gasteiger partial charge in [-0.1, -0.05) is 41.4 Å². The average molecular weight is 248 g/mol. The smallest absolute Gasteiger partial charge is 0.260 e. The number of nitrogens with zero attached hydrogens (tertiary/aromatic N) is 1. The van der Waals surface area contributed by atoms with Crippen LogP contribution in [0.15, 0.2) is 30.3 Å². The molecule has 0 spiro atoms. The Hall–Kier alpha value is -0.770. The molecule has 15 heavy (non-hydrogen) atoms. The Morgan fingerprint density at radius 3 is 2.40 bits per heavy atom. The molecule has 0 aromatic heterocycles. The van der Waals surface area contributed by atoms with E-state index in [0.29, 0.717) is 5.69 Å².